The van der Waals surface area contributed by atoms with Crippen LogP contribution in [0.4, 0.5) is 5.69 Å². The van der Waals surface area contributed by atoms with Gasteiger partial charge >= 0.3 is 0 Å². The Bertz CT molecular complexity index is 834. The van der Waals surface area contributed by atoms with Gasteiger partial charge in [0.2, 0.25) is 5.91 Å². The summed E-state index contributed by atoms with van der Waals surface area (Å²) in [7, 11) is 0. The van der Waals surface area contributed by atoms with Crippen LogP contribution < -0.4 is 16.2 Å². The molecule has 124 valence electrons. The Balaban J connectivity index is 2.03. The van der Waals surface area contributed by atoms with E-state index in [1.165, 1.54) is 12.4 Å². The Morgan fingerprint density at radius 3 is 2.67 bits per heavy atom. The van der Waals surface area contributed by atoms with E-state index in [0.717, 1.165) is 16.6 Å². The molecule has 0 fully saturated rings. The first kappa shape index (κ1) is 17.7. The number of allylic oxidation sites excluding steroid dienone is 1. The first-order valence-corrected chi connectivity index (χ1v) is 7.50. The van der Waals surface area contributed by atoms with Crippen molar-refractivity contribution in [3.8, 4) is 0 Å². The van der Waals surface area contributed by atoms with Crippen molar-refractivity contribution in [1.82, 2.24) is 15.1 Å². The van der Waals surface area contributed by atoms with Gasteiger partial charge in [-0.2, -0.15) is 5.10 Å². The maximum atomic E-state index is 12.0. The van der Waals surface area contributed by atoms with Gasteiger partial charge in [0, 0.05) is 18.1 Å². The van der Waals surface area contributed by atoms with Gasteiger partial charge in [-0.3, -0.25) is 9.59 Å². The SMILES string of the molecule is N=C/C(=C\Nc1ccccc1)NC(=O)Cn1ncc(Cl)c(Cl)c1=O. The van der Waals surface area contributed by atoms with Gasteiger partial charge in [0.25, 0.3) is 5.56 Å². The molecule has 3 N–H and O–H groups in total. The highest BCUT2D eigenvalue weighted by Crippen LogP contribution is 2.14. The number of hydrogen-bond acceptors (Lipinski definition) is 5. The maximum Gasteiger partial charge on any atom is 0.287 e. The fourth-order valence-electron chi connectivity index (χ4n) is 1.70. The number of anilines is 1. The molecule has 0 saturated carbocycles. The van der Waals surface area contributed by atoms with Gasteiger partial charge in [0.05, 0.1) is 16.9 Å². The zero-order valence-corrected chi connectivity index (χ0v) is 13.8. The van der Waals surface area contributed by atoms with E-state index < -0.39 is 11.5 Å². The van der Waals surface area contributed by atoms with Crippen molar-refractivity contribution in [2.45, 2.75) is 6.54 Å². The normalized spacial score (nSPS) is 11.0. The second-order valence-electron chi connectivity index (χ2n) is 4.57. The number of amides is 1. The average molecular weight is 366 g/mol. The molecule has 0 radical (unpaired) electrons. The number of benzene rings is 1. The van der Waals surface area contributed by atoms with Gasteiger partial charge in [-0.1, -0.05) is 41.4 Å². The van der Waals surface area contributed by atoms with Crippen molar-refractivity contribution in [3.05, 3.63) is 68.8 Å². The number of aromatic nitrogens is 2. The third-order valence-corrected chi connectivity index (χ3v) is 3.59. The van der Waals surface area contributed by atoms with Gasteiger partial charge in [-0.15, -0.1) is 0 Å². The van der Waals surface area contributed by atoms with Crippen molar-refractivity contribution in [2.75, 3.05) is 5.32 Å². The highest BCUT2D eigenvalue weighted by atomic mass is 35.5. The van der Waals surface area contributed by atoms with Crippen LogP contribution in [0, 0.1) is 5.41 Å². The number of rotatable bonds is 6. The zero-order valence-electron chi connectivity index (χ0n) is 12.3. The van der Waals surface area contributed by atoms with E-state index in [1.807, 2.05) is 30.3 Å². The highest BCUT2D eigenvalue weighted by Gasteiger charge is 2.11. The fourth-order valence-corrected chi connectivity index (χ4v) is 1.97. The molecule has 24 heavy (non-hydrogen) atoms. The summed E-state index contributed by atoms with van der Waals surface area (Å²) < 4.78 is 0.885. The van der Waals surface area contributed by atoms with Crippen molar-refractivity contribution in [3.63, 3.8) is 0 Å². The van der Waals surface area contributed by atoms with Crippen LogP contribution in [0.15, 0.2) is 53.2 Å². The molecule has 0 unspecified atom stereocenters. The molecular weight excluding hydrogens is 353 g/mol. The molecular formula is C15H13Cl2N5O2. The molecule has 0 spiro atoms. The van der Waals surface area contributed by atoms with Crippen molar-refractivity contribution in [2.24, 2.45) is 0 Å². The predicted octanol–water partition coefficient (Wildman–Crippen LogP) is 2.27. The second-order valence-corrected chi connectivity index (χ2v) is 5.36. The molecule has 0 saturated heterocycles. The smallest absolute Gasteiger partial charge is 0.287 e. The summed E-state index contributed by atoms with van der Waals surface area (Å²) in [5.41, 5.74) is 0.354. The van der Waals surface area contributed by atoms with Crippen LogP contribution in [-0.2, 0) is 11.3 Å². The Hall–Kier alpha value is -2.64. The molecule has 1 heterocycles. The maximum absolute atomic E-state index is 12.0. The Morgan fingerprint density at radius 2 is 2.00 bits per heavy atom. The second kappa shape index (κ2) is 8.28. The first-order valence-electron chi connectivity index (χ1n) is 6.74. The van der Waals surface area contributed by atoms with E-state index in [4.69, 9.17) is 28.6 Å². The van der Waals surface area contributed by atoms with E-state index in [0.29, 0.717) is 0 Å². The van der Waals surface area contributed by atoms with E-state index in [2.05, 4.69) is 15.7 Å². The summed E-state index contributed by atoms with van der Waals surface area (Å²) in [4.78, 5) is 23.8. The topological polar surface area (TPSA) is 99.9 Å². The molecule has 2 aromatic rings. The summed E-state index contributed by atoms with van der Waals surface area (Å²) in [6.07, 6.45) is 3.62. The van der Waals surface area contributed by atoms with E-state index in [9.17, 15) is 9.59 Å². The van der Waals surface area contributed by atoms with Crippen LogP contribution in [0.3, 0.4) is 0 Å². The number of carbonyl (C=O) groups excluding carboxylic acids is 1. The summed E-state index contributed by atoms with van der Waals surface area (Å²) in [5, 5.41) is 16.3. The molecule has 1 amide bonds. The molecule has 1 aromatic heterocycles. The molecule has 0 aliphatic rings. The number of carbonyl (C=O) groups is 1. The predicted molar refractivity (Wildman–Crippen MR) is 93.6 cm³/mol. The minimum atomic E-state index is -0.665. The summed E-state index contributed by atoms with van der Waals surface area (Å²) in [6, 6.07) is 9.23. The van der Waals surface area contributed by atoms with E-state index >= 15 is 0 Å². The Kier molecular flexibility index (Phi) is 6.11. The lowest BCUT2D eigenvalue weighted by atomic mass is 10.3. The van der Waals surface area contributed by atoms with E-state index in [-0.39, 0.29) is 22.3 Å². The number of nitrogens with zero attached hydrogens (tertiary/aromatic N) is 2. The van der Waals surface area contributed by atoms with Gasteiger partial charge < -0.3 is 16.0 Å². The van der Waals surface area contributed by atoms with Crippen LogP contribution in [0.25, 0.3) is 0 Å². The summed E-state index contributed by atoms with van der Waals surface area (Å²) in [6.45, 7) is -0.355. The highest BCUT2D eigenvalue weighted by molar-refractivity contribution is 6.41. The minimum Gasteiger partial charge on any atom is -0.360 e. The third kappa shape index (κ3) is 4.68. The molecule has 0 aliphatic heterocycles. The molecule has 9 heteroatoms. The first-order chi connectivity index (χ1) is 11.5. The lowest BCUT2D eigenvalue weighted by Gasteiger charge is -2.08. The molecule has 0 atom stereocenters. The number of nitrogens with one attached hydrogen (secondary N) is 3. The minimum absolute atomic E-state index is 0.0189. The van der Waals surface area contributed by atoms with Gasteiger partial charge in [-0.25, -0.2) is 4.68 Å². The molecule has 1 aromatic carbocycles. The van der Waals surface area contributed by atoms with Crippen LogP contribution in [0.2, 0.25) is 10.0 Å². The van der Waals surface area contributed by atoms with Crippen molar-refractivity contribution in [1.29, 1.82) is 5.41 Å². The average Bonchev–Trinajstić information content (AvgIpc) is 2.60. The molecule has 0 bridgehead atoms. The number of halogens is 2. The quantitative estimate of drug-likeness (QED) is 0.683. The molecule has 0 aliphatic carbocycles. The zero-order chi connectivity index (χ0) is 17.5. The summed E-state index contributed by atoms with van der Waals surface area (Å²) >= 11 is 11.4. The van der Waals surface area contributed by atoms with E-state index in [1.54, 1.807) is 0 Å². The lowest BCUT2D eigenvalue weighted by molar-refractivity contribution is -0.121. The number of para-hydroxylation sites is 1. The van der Waals surface area contributed by atoms with Gasteiger partial charge in [0.1, 0.15) is 11.6 Å². The van der Waals surface area contributed by atoms with Gasteiger partial charge in [0.15, 0.2) is 0 Å². The Morgan fingerprint density at radius 1 is 1.29 bits per heavy atom. The lowest BCUT2D eigenvalue weighted by Crippen LogP contribution is -2.34. The standard InChI is InChI=1S/C15H13Cl2N5O2/c16-12-8-20-22(15(24)14(12)17)9-13(23)21-11(6-18)7-19-10-4-2-1-3-5-10/h1-8,18-19H,9H2,(H,21,23)/b11-7+,18-6?. The molecule has 7 nitrogen and oxygen atoms in total. The third-order valence-electron chi connectivity index (χ3n) is 2.84. The Labute approximate surface area is 147 Å². The fraction of sp³-hybridized carbons (Fsp3) is 0.0667. The van der Waals surface area contributed by atoms with Crippen LogP contribution in [-0.4, -0.2) is 21.9 Å². The van der Waals surface area contributed by atoms with Crippen molar-refractivity contribution < 1.29 is 4.79 Å². The molecule has 2 rings (SSSR count). The van der Waals surface area contributed by atoms with Crippen LogP contribution in [0.1, 0.15) is 0 Å². The van der Waals surface area contributed by atoms with Crippen LogP contribution in [0.5, 0.6) is 0 Å². The summed E-state index contributed by atoms with van der Waals surface area (Å²) in [5.74, 6) is -0.535. The monoisotopic (exact) mass is 365 g/mol. The number of hydrogen-bond donors (Lipinski definition) is 3. The van der Waals surface area contributed by atoms with Crippen LogP contribution >= 0.6 is 23.2 Å². The van der Waals surface area contributed by atoms with Gasteiger partial charge in [-0.05, 0) is 12.1 Å². The largest absolute Gasteiger partial charge is 0.360 e. The van der Waals surface area contributed by atoms with Crippen molar-refractivity contribution >= 4 is 41.0 Å².